The SMILES string of the molecule is COc1ccc(OC(C)=O)cc1O. The lowest BCUT2D eigenvalue weighted by Gasteiger charge is -2.05. The van der Waals surface area contributed by atoms with E-state index in [9.17, 15) is 9.90 Å². The van der Waals surface area contributed by atoms with Crippen molar-refractivity contribution in [1.82, 2.24) is 0 Å². The Morgan fingerprint density at radius 3 is 2.62 bits per heavy atom. The Morgan fingerprint density at radius 1 is 1.46 bits per heavy atom. The molecular weight excluding hydrogens is 172 g/mol. The number of rotatable bonds is 2. The second-order valence-corrected chi connectivity index (χ2v) is 2.43. The molecule has 0 saturated heterocycles. The summed E-state index contributed by atoms with van der Waals surface area (Å²) in [5.41, 5.74) is 0. The molecule has 1 N–H and O–H groups in total. The fourth-order valence-electron chi connectivity index (χ4n) is 0.899. The average molecular weight is 182 g/mol. The number of aromatic hydroxyl groups is 1. The third kappa shape index (κ3) is 2.37. The number of phenols is 1. The first-order valence-corrected chi connectivity index (χ1v) is 3.69. The number of carbonyl (C=O) groups excluding carboxylic acids is 1. The van der Waals surface area contributed by atoms with Crippen LogP contribution in [0.4, 0.5) is 0 Å². The molecule has 0 aliphatic carbocycles. The molecule has 0 bridgehead atoms. The van der Waals surface area contributed by atoms with Crippen LogP contribution < -0.4 is 9.47 Å². The van der Waals surface area contributed by atoms with Gasteiger partial charge in [0, 0.05) is 13.0 Å². The van der Waals surface area contributed by atoms with Gasteiger partial charge in [-0.1, -0.05) is 0 Å². The summed E-state index contributed by atoms with van der Waals surface area (Å²) in [6.07, 6.45) is 0. The lowest BCUT2D eigenvalue weighted by atomic mass is 10.3. The molecule has 0 radical (unpaired) electrons. The molecule has 0 atom stereocenters. The van der Waals surface area contributed by atoms with Crippen molar-refractivity contribution in [3.05, 3.63) is 18.2 Å². The Labute approximate surface area is 75.7 Å². The highest BCUT2D eigenvalue weighted by molar-refractivity contribution is 5.69. The monoisotopic (exact) mass is 182 g/mol. The maximum Gasteiger partial charge on any atom is 0.308 e. The zero-order valence-electron chi connectivity index (χ0n) is 7.40. The Hall–Kier alpha value is -1.71. The molecule has 1 rings (SSSR count). The highest BCUT2D eigenvalue weighted by atomic mass is 16.5. The van der Waals surface area contributed by atoms with Gasteiger partial charge in [-0.2, -0.15) is 0 Å². The van der Waals surface area contributed by atoms with E-state index in [4.69, 9.17) is 9.47 Å². The summed E-state index contributed by atoms with van der Waals surface area (Å²) in [5.74, 6) is 0.160. The fraction of sp³-hybridized carbons (Fsp3) is 0.222. The van der Waals surface area contributed by atoms with Crippen molar-refractivity contribution in [1.29, 1.82) is 0 Å². The van der Waals surface area contributed by atoms with E-state index in [1.165, 1.54) is 26.2 Å². The smallest absolute Gasteiger partial charge is 0.308 e. The number of ether oxygens (including phenoxy) is 2. The predicted molar refractivity (Wildman–Crippen MR) is 46.0 cm³/mol. The van der Waals surface area contributed by atoms with E-state index in [0.29, 0.717) is 11.5 Å². The summed E-state index contributed by atoms with van der Waals surface area (Å²) in [6, 6.07) is 4.38. The van der Waals surface area contributed by atoms with Gasteiger partial charge in [0.1, 0.15) is 5.75 Å². The summed E-state index contributed by atoms with van der Waals surface area (Å²) in [6.45, 7) is 1.29. The van der Waals surface area contributed by atoms with Crippen LogP contribution in [0.3, 0.4) is 0 Å². The van der Waals surface area contributed by atoms with Gasteiger partial charge in [-0.25, -0.2) is 0 Å². The van der Waals surface area contributed by atoms with Crippen molar-refractivity contribution < 1.29 is 19.4 Å². The van der Waals surface area contributed by atoms with Crippen LogP contribution in [0.15, 0.2) is 18.2 Å². The summed E-state index contributed by atoms with van der Waals surface area (Å²) in [4.78, 5) is 10.5. The van der Waals surface area contributed by atoms with Gasteiger partial charge in [0.2, 0.25) is 0 Å². The molecule has 0 amide bonds. The maximum atomic E-state index is 10.5. The van der Waals surface area contributed by atoms with Crippen molar-refractivity contribution in [2.45, 2.75) is 6.92 Å². The molecule has 13 heavy (non-hydrogen) atoms. The van der Waals surface area contributed by atoms with E-state index >= 15 is 0 Å². The standard InChI is InChI=1S/C9H10O4/c1-6(10)13-7-3-4-9(12-2)8(11)5-7/h3-5,11H,1-2H3. The predicted octanol–water partition coefficient (Wildman–Crippen LogP) is 1.33. The lowest BCUT2D eigenvalue weighted by Crippen LogP contribution is -2.01. The summed E-state index contributed by atoms with van der Waals surface area (Å²) >= 11 is 0. The lowest BCUT2D eigenvalue weighted by molar-refractivity contribution is -0.131. The zero-order chi connectivity index (χ0) is 9.84. The largest absolute Gasteiger partial charge is 0.504 e. The van der Waals surface area contributed by atoms with E-state index in [-0.39, 0.29) is 5.75 Å². The van der Waals surface area contributed by atoms with E-state index in [2.05, 4.69) is 0 Å². The summed E-state index contributed by atoms with van der Waals surface area (Å²) in [5, 5.41) is 9.29. The Morgan fingerprint density at radius 2 is 2.15 bits per heavy atom. The van der Waals surface area contributed by atoms with Gasteiger partial charge in [0.25, 0.3) is 0 Å². The normalized spacial score (nSPS) is 9.38. The van der Waals surface area contributed by atoms with Gasteiger partial charge in [0.15, 0.2) is 11.5 Å². The van der Waals surface area contributed by atoms with Crippen LogP contribution in [0.25, 0.3) is 0 Å². The van der Waals surface area contributed by atoms with Gasteiger partial charge < -0.3 is 14.6 Å². The number of carbonyl (C=O) groups is 1. The van der Waals surface area contributed by atoms with Gasteiger partial charge in [-0.15, -0.1) is 0 Å². The second-order valence-electron chi connectivity index (χ2n) is 2.43. The second kappa shape index (κ2) is 3.80. The highest BCUT2D eigenvalue weighted by Gasteiger charge is 2.04. The molecule has 0 aliphatic rings. The number of methoxy groups -OCH3 is 1. The van der Waals surface area contributed by atoms with E-state index in [1.807, 2.05) is 0 Å². The molecule has 0 saturated carbocycles. The van der Waals surface area contributed by atoms with Crippen molar-refractivity contribution in [3.8, 4) is 17.2 Å². The van der Waals surface area contributed by atoms with Crippen molar-refractivity contribution in [3.63, 3.8) is 0 Å². The van der Waals surface area contributed by atoms with Crippen molar-refractivity contribution >= 4 is 5.97 Å². The van der Waals surface area contributed by atoms with Crippen LogP contribution in [0, 0.1) is 0 Å². The van der Waals surface area contributed by atoms with Gasteiger partial charge in [-0.3, -0.25) is 4.79 Å². The summed E-state index contributed by atoms with van der Waals surface area (Å²) in [7, 11) is 1.44. The molecule has 4 heteroatoms. The number of phenolic OH excluding ortho intramolecular Hbond substituents is 1. The molecular formula is C9H10O4. The first-order chi connectivity index (χ1) is 6.13. The number of esters is 1. The van der Waals surface area contributed by atoms with E-state index in [0.717, 1.165) is 0 Å². The minimum atomic E-state index is -0.426. The van der Waals surface area contributed by atoms with Crippen molar-refractivity contribution in [2.24, 2.45) is 0 Å². The van der Waals surface area contributed by atoms with Crippen molar-refractivity contribution in [2.75, 3.05) is 7.11 Å². The summed E-state index contributed by atoms with van der Waals surface area (Å²) < 4.78 is 9.55. The van der Waals surface area contributed by atoms with Crippen LogP contribution in [-0.2, 0) is 4.79 Å². The van der Waals surface area contributed by atoms with E-state index < -0.39 is 5.97 Å². The molecule has 0 fully saturated rings. The maximum absolute atomic E-state index is 10.5. The molecule has 0 aromatic heterocycles. The van der Waals surface area contributed by atoms with Crippen LogP contribution in [0.1, 0.15) is 6.92 Å². The molecule has 0 aliphatic heterocycles. The van der Waals surface area contributed by atoms with Gasteiger partial charge in [-0.05, 0) is 12.1 Å². The van der Waals surface area contributed by atoms with E-state index in [1.54, 1.807) is 6.07 Å². The first-order valence-electron chi connectivity index (χ1n) is 3.69. The highest BCUT2D eigenvalue weighted by Crippen LogP contribution is 2.29. The third-order valence-corrected chi connectivity index (χ3v) is 1.41. The Kier molecular flexibility index (Phi) is 2.74. The molecule has 70 valence electrons. The number of hydrogen-bond donors (Lipinski definition) is 1. The molecule has 0 unspecified atom stereocenters. The molecule has 1 aromatic rings. The van der Waals surface area contributed by atoms with Crippen LogP contribution in [0.2, 0.25) is 0 Å². The van der Waals surface area contributed by atoms with Crippen LogP contribution >= 0.6 is 0 Å². The fourth-order valence-corrected chi connectivity index (χ4v) is 0.899. The third-order valence-electron chi connectivity index (χ3n) is 1.41. The minimum Gasteiger partial charge on any atom is -0.504 e. The number of benzene rings is 1. The Bertz CT molecular complexity index is 319. The van der Waals surface area contributed by atoms with Gasteiger partial charge in [0.05, 0.1) is 7.11 Å². The molecule has 4 nitrogen and oxygen atoms in total. The molecule has 0 spiro atoms. The Balaban J connectivity index is 2.89. The molecule has 0 heterocycles. The quantitative estimate of drug-likeness (QED) is 0.553. The van der Waals surface area contributed by atoms with Gasteiger partial charge >= 0.3 is 5.97 Å². The molecule has 1 aromatic carbocycles. The van der Waals surface area contributed by atoms with Crippen LogP contribution in [-0.4, -0.2) is 18.2 Å². The first kappa shape index (κ1) is 9.38. The number of hydrogen-bond acceptors (Lipinski definition) is 4. The topological polar surface area (TPSA) is 55.8 Å². The minimum absolute atomic E-state index is 0.0544. The average Bonchev–Trinajstić information content (AvgIpc) is 2.03. The zero-order valence-corrected chi connectivity index (χ0v) is 7.40. The van der Waals surface area contributed by atoms with Crippen LogP contribution in [0.5, 0.6) is 17.2 Å².